The minimum absolute atomic E-state index is 0.662. The van der Waals surface area contributed by atoms with Crippen molar-refractivity contribution in [3.63, 3.8) is 0 Å². The number of aromatic nitrogens is 1. The predicted molar refractivity (Wildman–Crippen MR) is 210 cm³/mol. The van der Waals surface area contributed by atoms with Crippen molar-refractivity contribution in [1.29, 1.82) is 0 Å². The number of para-hydroxylation sites is 4. The zero-order valence-electron chi connectivity index (χ0n) is 28.2. The quantitative estimate of drug-likeness (QED) is 0.187. The van der Waals surface area contributed by atoms with Crippen molar-refractivity contribution in [1.82, 2.24) is 4.57 Å². The Balaban J connectivity index is 1.15. The van der Waals surface area contributed by atoms with Crippen LogP contribution in [0.3, 0.4) is 0 Å². The Hall–Kier alpha value is -6.84. The largest absolute Gasteiger partial charge is 0.457 e. The summed E-state index contributed by atoms with van der Waals surface area (Å²) < 4.78 is 15.9. The Morgan fingerprint density at radius 1 is 0.327 bits per heavy atom. The molecule has 1 spiro atoms. The molecule has 9 aromatic rings. The minimum Gasteiger partial charge on any atom is -0.457 e. The van der Waals surface area contributed by atoms with Gasteiger partial charge in [-0.2, -0.15) is 0 Å². The molecule has 0 N–H and O–H groups in total. The maximum absolute atomic E-state index is 6.96. The van der Waals surface area contributed by atoms with Crippen molar-refractivity contribution in [3.8, 4) is 50.9 Å². The van der Waals surface area contributed by atoms with Gasteiger partial charge in [0.2, 0.25) is 0 Å². The highest BCUT2D eigenvalue weighted by molar-refractivity contribution is 6.10. The van der Waals surface area contributed by atoms with E-state index in [0.717, 1.165) is 67.6 Å². The van der Waals surface area contributed by atoms with Gasteiger partial charge in [-0.1, -0.05) is 127 Å². The molecule has 0 radical (unpaired) electrons. The molecule has 0 saturated heterocycles. The molecule has 8 aromatic carbocycles. The number of benzene rings is 8. The second kappa shape index (κ2) is 11.1. The van der Waals surface area contributed by atoms with Gasteiger partial charge in [-0.25, -0.2) is 0 Å². The van der Waals surface area contributed by atoms with Gasteiger partial charge in [0.05, 0.1) is 16.4 Å². The van der Waals surface area contributed by atoms with Crippen molar-refractivity contribution < 1.29 is 9.47 Å². The lowest BCUT2D eigenvalue weighted by molar-refractivity contribution is 0.399. The number of fused-ring (bicyclic) bond motifs is 11. The van der Waals surface area contributed by atoms with Crippen LogP contribution in [-0.2, 0) is 5.41 Å². The van der Waals surface area contributed by atoms with Crippen molar-refractivity contribution in [2.75, 3.05) is 0 Å². The second-order valence-electron chi connectivity index (χ2n) is 13.7. The molecule has 3 heterocycles. The van der Waals surface area contributed by atoms with E-state index in [0.29, 0.717) is 0 Å². The van der Waals surface area contributed by atoms with E-state index in [1.807, 2.05) is 0 Å². The molecule has 3 heteroatoms. The number of hydrogen-bond donors (Lipinski definition) is 0. The van der Waals surface area contributed by atoms with Gasteiger partial charge in [-0.05, 0) is 82.9 Å². The standard InChI is InChI=1S/C49H31NO2/c1-3-13-32(14-4-1)34-25-28-47-42(30-34)49(39-18-8-11-21-45(39)51-46-22-12-9-19-40(46)49)41-26-23-35(31-48(41)52-47)33-24-27-44-38(29-33)37-17-7-10-20-43(37)50(44)36-15-5-2-6-16-36/h1-31H. The third-order valence-corrected chi connectivity index (χ3v) is 10.9. The lowest BCUT2D eigenvalue weighted by Crippen LogP contribution is -2.36. The number of rotatable bonds is 3. The van der Waals surface area contributed by atoms with Crippen LogP contribution < -0.4 is 9.47 Å². The maximum Gasteiger partial charge on any atom is 0.132 e. The maximum atomic E-state index is 6.96. The van der Waals surface area contributed by atoms with E-state index in [1.165, 1.54) is 27.4 Å². The third kappa shape index (κ3) is 4.08. The summed E-state index contributed by atoms with van der Waals surface area (Å²) >= 11 is 0. The molecule has 0 amide bonds. The average molecular weight is 666 g/mol. The van der Waals surface area contributed by atoms with E-state index >= 15 is 0 Å². The highest BCUT2D eigenvalue weighted by atomic mass is 16.5. The first-order valence-electron chi connectivity index (χ1n) is 17.8. The molecule has 0 bridgehead atoms. The van der Waals surface area contributed by atoms with Gasteiger partial charge in [-0.3, -0.25) is 0 Å². The number of hydrogen-bond acceptors (Lipinski definition) is 2. The summed E-state index contributed by atoms with van der Waals surface area (Å²) in [6.07, 6.45) is 0. The molecule has 1 aromatic heterocycles. The first-order valence-corrected chi connectivity index (χ1v) is 17.8. The van der Waals surface area contributed by atoms with Crippen LogP contribution in [0, 0.1) is 0 Å². The van der Waals surface area contributed by atoms with Crippen LogP contribution in [0.2, 0.25) is 0 Å². The van der Waals surface area contributed by atoms with Gasteiger partial charge in [0.25, 0.3) is 0 Å². The van der Waals surface area contributed by atoms with Crippen LogP contribution in [0.15, 0.2) is 188 Å². The molecular formula is C49H31NO2. The Bertz CT molecular complexity index is 2810. The van der Waals surface area contributed by atoms with Gasteiger partial charge in [-0.15, -0.1) is 0 Å². The minimum atomic E-state index is -0.662. The summed E-state index contributed by atoms with van der Waals surface area (Å²) in [6.45, 7) is 0. The van der Waals surface area contributed by atoms with Crippen LogP contribution in [-0.4, -0.2) is 4.57 Å². The van der Waals surface area contributed by atoms with E-state index in [4.69, 9.17) is 9.47 Å². The third-order valence-electron chi connectivity index (χ3n) is 10.9. The molecule has 0 saturated carbocycles. The average Bonchev–Trinajstić information content (AvgIpc) is 3.55. The van der Waals surface area contributed by atoms with Crippen LogP contribution in [0.5, 0.6) is 23.0 Å². The topological polar surface area (TPSA) is 23.4 Å². The molecule has 2 aliphatic heterocycles. The first kappa shape index (κ1) is 28.9. The fourth-order valence-electron chi connectivity index (χ4n) is 8.66. The molecule has 52 heavy (non-hydrogen) atoms. The lowest BCUT2D eigenvalue weighted by Gasteiger charge is -2.45. The summed E-state index contributed by atoms with van der Waals surface area (Å²) in [5.74, 6) is 3.40. The van der Waals surface area contributed by atoms with Gasteiger partial charge >= 0.3 is 0 Å². The summed E-state index contributed by atoms with van der Waals surface area (Å²) in [7, 11) is 0. The molecule has 0 fully saturated rings. The second-order valence-corrected chi connectivity index (χ2v) is 13.7. The van der Waals surface area contributed by atoms with Gasteiger partial charge in [0.15, 0.2) is 0 Å². The Labute approximate surface area is 301 Å². The van der Waals surface area contributed by atoms with E-state index < -0.39 is 5.41 Å². The lowest BCUT2D eigenvalue weighted by atomic mass is 9.62. The van der Waals surface area contributed by atoms with Crippen molar-refractivity contribution in [2.24, 2.45) is 0 Å². The zero-order chi connectivity index (χ0) is 34.2. The van der Waals surface area contributed by atoms with Crippen molar-refractivity contribution >= 4 is 21.8 Å². The normalized spacial score (nSPS) is 13.5. The monoisotopic (exact) mass is 665 g/mol. The fraction of sp³-hybridized carbons (Fsp3) is 0.0204. The highest BCUT2D eigenvalue weighted by Crippen LogP contribution is 2.62. The summed E-state index contributed by atoms with van der Waals surface area (Å²) in [5, 5.41) is 2.45. The summed E-state index contributed by atoms with van der Waals surface area (Å²) in [5.41, 5.74) is 11.8. The van der Waals surface area contributed by atoms with E-state index in [9.17, 15) is 0 Å². The number of nitrogens with zero attached hydrogens (tertiary/aromatic N) is 1. The molecule has 11 rings (SSSR count). The van der Waals surface area contributed by atoms with E-state index in [2.05, 4.69) is 193 Å². The van der Waals surface area contributed by atoms with E-state index in [1.54, 1.807) is 0 Å². The van der Waals surface area contributed by atoms with Crippen LogP contribution >= 0.6 is 0 Å². The van der Waals surface area contributed by atoms with Crippen LogP contribution in [0.25, 0.3) is 49.7 Å². The Kier molecular flexibility index (Phi) is 6.17. The predicted octanol–water partition coefficient (Wildman–Crippen LogP) is 12.7. The number of ether oxygens (including phenoxy) is 2. The highest BCUT2D eigenvalue weighted by Gasteiger charge is 2.50. The zero-order valence-corrected chi connectivity index (χ0v) is 28.2. The van der Waals surface area contributed by atoms with Crippen molar-refractivity contribution in [3.05, 3.63) is 210 Å². The van der Waals surface area contributed by atoms with Crippen LogP contribution in [0.4, 0.5) is 0 Å². The Morgan fingerprint density at radius 3 is 1.65 bits per heavy atom. The molecule has 0 atom stereocenters. The van der Waals surface area contributed by atoms with Crippen LogP contribution in [0.1, 0.15) is 22.3 Å². The summed E-state index contributed by atoms with van der Waals surface area (Å²) in [6, 6.07) is 67.0. The van der Waals surface area contributed by atoms with Gasteiger partial charge in [0, 0.05) is 38.7 Å². The molecule has 2 aliphatic rings. The SMILES string of the molecule is c1ccc(-c2ccc3c(c2)C2(c4ccccc4Oc4ccccc42)c2ccc(-c4ccc5c(c4)c4ccccc4n5-c4ccccc4)cc2O3)cc1. The van der Waals surface area contributed by atoms with Gasteiger partial charge < -0.3 is 14.0 Å². The smallest absolute Gasteiger partial charge is 0.132 e. The molecular weight excluding hydrogens is 635 g/mol. The van der Waals surface area contributed by atoms with Gasteiger partial charge in [0.1, 0.15) is 23.0 Å². The fourth-order valence-corrected chi connectivity index (χ4v) is 8.66. The Morgan fingerprint density at radius 2 is 0.865 bits per heavy atom. The summed E-state index contributed by atoms with van der Waals surface area (Å²) in [4.78, 5) is 0. The first-order chi connectivity index (χ1) is 25.8. The van der Waals surface area contributed by atoms with E-state index in [-0.39, 0.29) is 0 Å². The van der Waals surface area contributed by atoms with Crippen molar-refractivity contribution in [2.45, 2.75) is 5.41 Å². The molecule has 3 nitrogen and oxygen atoms in total. The molecule has 244 valence electrons. The molecule has 0 unspecified atom stereocenters. The molecule has 0 aliphatic carbocycles.